The van der Waals surface area contributed by atoms with Gasteiger partial charge in [0.25, 0.3) is 5.91 Å². The Bertz CT molecular complexity index is 981. The summed E-state index contributed by atoms with van der Waals surface area (Å²) in [6.07, 6.45) is 5.28. The van der Waals surface area contributed by atoms with Gasteiger partial charge in [-0.05, 0) is 53.4 Å². The molecular formula is C24H25FN2O2S2. The summed E-state index contributed by atoms with van der Waals surface area (Å²) in [5.74, 6) is -0.777. The standard InChI is InChI=1S/C24H25FN2O2S2/c25-18-12-10-17(11-13-18)22(23(28)26-19-6-2-1-3-7-19)27(16-20-8-4-14-30-20)24(29)21-9-5-15-31-21/h4-5,8-15,19,22H,1-3,6-7,16H2,(H,26,28)/t22-/m0/s1. The molecule has 2 amide bonds. The van der Waals surface area contributed by atoms with Gasteiger partial charge in [0.2, 0.25) is 5.91 Å². The summed E-state index contributed by atoms with van der Waals surface area (Å²) in [4.78, 5) is 30.2. The van der Waals surface area contributed by atoms with Gasteiger partial charge in [0, 0.05) is 10.9 Å². The Morgan fingerprint density at radius 1 is 1.00 bits per heavy atom. The fraction of sp³-hybridized carbons (Fsp3) is 0.333. The predicted molar refractivity (Wildman–Crippen MR) is 123 cm³/mol. The first-order valence-electron chi connectivity index (χ1n) is 10.5. The molecule has 2 heterocycles. The second-order valence-corrected chi connectivity index (χ2v) is 9.77. The summed E-state index contributed by atoms with van der Waals surface area (Å²) in [5.41, 5.74) is 0.608. The molecular weight excluding hydrogens is 431 g/mol. The van der Waals surface area contributed by atoms with E-state index >= 15 is 0 Å². The molecule has 1 saturated carbocycles. The van der Waals surface area contributed by atoms with Crippen molar-refractivity contribution in [3.8, 4) is 0 Å². The van der Waals surface area contributed by atoms with Crippen LogP contribution in [0.4, 0.5) is 4.39 Å². The summed E-state index contributed by atoms with van der Waals surface area (Å²) >= 11 is 2.90. The zero-order chi connectivity index (χ0) is 21.6. The van der Waals surface area contributed by atoms with Crippen molar-refractivity contribution in [1.29, 1.82) is 0 Å². The normalized spacial score (nSPS) is 15.4. The first-order chi connectivity index (χ1) is 15.1. The van der Waals surface area contributed by atoms with Crippen molar-refractivity contribution in [2.45, 2.75) is 50.7 Å². The van der Waals surface area contributed by atoms with Gasteiger partial charge in [-0.1, -0.05) is 43.5 Å². The number of nitrogens with zero attached hydrogens (tertiary/aromatic N) is 1. The predicted octanol–water partition coefficient (Wildman–Crippen LogP) is 5.78. The summed E-state index contributed by atoms with van der Waals surface area (Å²) in [6.45, 7) is 0.314. The molecule has 0 aliphatic heterocycles. The second-order valence-electron chi connectivity index (χ2n) is 7.79. The van der Waals surface area contributed by atoms with Crippen LogP contribution in [0, 0.1) is 5.82 Å². The van der Waals surface area contributed by atoms with E-state index in [1.54, 1.807) is 34.4 Å². The van der Waals surface area contributed by atoms with Crippen LogP contribution in [-0.4, -0.2) is 22.8 Å². The number of nitrogens with one attached hydrogen (secondary N) is 1. The molecule has 1 fully saturated rings. The average Bonchev–Trinajstić information content (AvgIpc) is 3.49. The molecule has 2 aromatic heterocycles. The van der Waals surface area contributed by atoms with Crippen LogP contribution in [0.1, 0.15) is 58.3 Å². The van der Waals surface area contributed by atoms with Crippen LogP contribution in [0.3, 0.4) is 0 Å². The number of carbonyl (C=O) groups is 2. The van der Waals surface area contributed by atoms with E-state index in [1.165, 1.54) is 29.9 Å². The first-order valence-corrected chi connectivity index (χ1v) is 12.3. The van der Waals surface area contributed by atoms with Gasteiger partial charge in [-0.15, -0.1) is 22.7 Å². The van der Waals surface area contributed by atoms with Crippen molar-refractivity contribution < 1.29 is 14.0 Å². The minimum atomic E-state index is -0.834. The molecule has 162 valence electrons. The van der Waals surface area contributed by atoms with Crippen LogP contribution in [0.15, 0.2) is 59.3 Å². The number of thiophene rings is 2. The van der Waals surface area contributed by atoms with Crippen LogP contribution in [0.2, 0.25) is 0 Å². The van der Waals surface area contributed by atoms with Crippen LogP contribution in [0.5, 0.6) is 0 Å². The lowest BCUT2D eigenvalue weighted by Gasteiger charge is -2.33. The van der Waals surface area contributed by atoms with Crippen molar-refractivity contribution in [3.05, 3.63) is 80.4 Å². The monoisotopic (exact) mass is 456 g/mol. The molecule has 1 atom stereocenters. The highest BCUT2D eigenvalue weighted by Gasteiger charge is 2.34. The Balaban J connectivity index is 1.70. The Kier molecular flexibility index (Phi) is 7.14. The van der Waals surface area contributed by atoms with Crippen molar-refractivity contribution in [1.82, 2.24) is 10.2 Å². The largest absolute Gasteiger partial charge is 0.351 e. The van der Waals surface area contributed by atoms with Crippen LogP contribution < -0.4 is 5.32 Å². The van der Waals surface area contributed by atoms with Crippen LogP contribution >= 0.6 is 22.7 Å². The maximum atomic E-state index is 13.6. The third kappa shape index (κ3) is 5.40. The topological polar surface area (TPSA) is 49.4 Å². The highest BCUT2D eigenvalue weighted by atomic mass is 32.1. The maximum absolute atomic E-state index is 13.6. The van der Waals surface area contributed by atoms with Crippen LogP contribution in [0.25, 0.3) is 0 Å². The van der Waals surface area contributed by atoms with Crippen molar-refractivity contribution in [2.75, 3.05) is 0 Å². The fourth-order valence-corrected chi connectivity index (χ4v) is 5.42. The minimum absolute atomic E-state index is 0.115. The van der Waals surface area contributed by atoms with E-state index in [9.17, 15) is 14.0 Å². The van der Waals surface area contributed by atoms with E-state index in [2.05, 4.69) is 5.32 Å². The SMILES string of the molecule is O=C(NC1CCCCC1)[C@H](c1ccc(F)cc1)N(Cc1cccs1)C(=O)c1cccs1. The van der Waals surface area contributed by atoms with Gasteiger partial charge in [-0.25, -0.2) is 4.39 Å². The average molecular weight is 457 g/mol. The van der Waals surface area contributed by atoms with Gasteiger partial charge >= 0.3 is 0 Å². The Labute approximate surface area is 189 Å². The molecule has 0 spiro atoms. The molecule has 7 heteroatoms. The van der Waals surface area contributed by atoms with E-state index in [0.717, 1.165) is 30.6 Å². The fourth-order valence-electron chi connectivity index (χ4n) is 4.04. The van der Waals surface area contributed by atoms with E-state index in [4.69, 9.17) is 0 Å². The van der Waals surface area contributed by atoms with Gasteiger partial charge in [-0.3, -0.25) is 9.59 Å². The summed E-state index contributed by atoms with van der Waals surface area (Å²) in [6, 6.07) is 12.7. The molecule has 3 aromatic rings. The maximum Gasteiger partial charge on any atom is 0.265 e. The summed E-state index contributed by atoms with van der Waals surface area (Å²) in [5, 5.41) is 6.98. The third-order valence-corrected chi connectivity index (χ3v) is 7.32. The molecule has 4 rings (SSSR count). The number of amides is 2. The van der Waals surface area contributed by atoms with Gasteiger partial charge in [0.1, 0.15) is 11.9 Å². The summed E-state index contributed by atoms with van der Waals surface area (Å²) in [7, 11) is 0. The summed E-state index contributed by atoms with van der Waals surface area (Å²) < 4.78 is 13.6. The van der Waals surface area contributed by atoms with Gasteiger partial charge in [0.05, 0.1) is 11.4 Å². The lowest BCUT2D eigenvalue weighted by Crippen LogP contribution is -2.46. The van der Waals surface area contributed by atoms with Crippen molar-refractivity contribution in [2.24, 2.45) is 0 Å². The second kappa shape index (κ2) is 10.2. The number of rotatable bonds is 7. The molecule has 0 bridgehead atoms. The number of benzene rings is 1. The number of hydrogen-bond acceptors (Lipinski definition) is 4. The highest BCUT2D eigenvalue weighted by molar-refractivity contribution is 7.12. The molecule has 0 radical (unpaired) electrons. The lowest BCUT2D eigenvalue weighted by molar-refractivity contribution is -0.127. The Hall–Kier alpha value is -2.51. The number of carbonyl (C=O) groups excluding carboxylic acids is 2. The molecule has 31 heavy (non-hydrogen) atoms. The smallest absolute Gasteiger partial charge is 0.265 e. The molecule has 1 aliphatic rings. The highest BCUT2D eigenvalue weighted by Crippen LogP contribution is 2.29. The molecule has 0 unspecified atom stereocenters. The van der Waals surface area contributed by atoms with Crippen molar-refractivity contribution in [3.63, 3.8) is 0 Å². The molecule has 4 nitrogen and oxygen atoms in total. The number of hydrogen-bond donors (Lipinski definition) is 1. The first kappa shape index (κ1) is 21.7. The van der Waals surface area contributed by atoms with E-state index < -0.39 is 6.04 Å². The number of halogens is 1. The van der Waals surface area contributed by atoms with E-state index in [-0.39, 0.29) is 23.7 Å². The zero-order valence-electron chi connectivity index (χ0n) is 17.1. The zero-order valence-corrected chi connectivity index (χ0v) is 18.8. The molecule has 1 aliphatic carbocycles. The van der Waals surface area contributed by atoms with Crippen LogP contribution in [-0.2, 0) is 11.3 Å². The van der Waals surface area contributed by atoms with E-state index in [1.807, 2.05) is 29.0 Å². The van der Waals surface area contributed by atoms with Crippen molar-refractivity contribution >= 4 is 34.5 Å². The molecule has 1 aromatic carbocycles. The van der Waals surface area contributed by atoms with E-state index in [0.29, 0.717) is 17.0 Å². The molecule has 1 N–H and O–H groups in total. The molecule has 0 saturated heterocycles. The minimum Gasteiger partial charge on any atom is -0.351 e. The Morgan fingerprint density at radius 2 is 1.71 bits per heavy atom. The lowest BCUT2D eigenvalue weighted by atomic mass is 9.94. The Morgan fingerprint density at radius 3 is 2.35 bits per heavy atom. The third-order valence-electron chi connectivity index (χ3n) is 5.60. The van der Waals surface area contributed by atoms with Gasteiger partial charge < -0.3 is 10.2 Å². The quantitative estimate of drug-likeness (QED) is 0.490. The van der Waals surface area contributed by atoms with Gasteiger partial charge in [-0.2, -0.15) is 0 Å². The van der Waals surface area contributed by atoms with Gasteiger partial charge in [0.15, 0.2) is 0 Å².